The fraction of sp³-hybridized carbons (Fsp3) is 1.00. The van der Waals surface area contributed by atoms with Crippen LogP contribution < -0.4 is 0 Å². The summed E-state index contributed by atoms with van der Waals surface area (Å²) in [7, 11) is 0. The van der Waals surface area contributed by atoms with Gasteiger partial charge in [-0.3, -0.25) is 0 Å². The molecule has 0 saturated carbocycles. The van der Waals surface area contributed by atoms with Gasteiger partial charge in [0.05, 0.1) is 6.10 Å². The minimum atomic E-state index is -0.338. The first-order chi connectivity index (χ1) is 3.31. The number of aliphatic hydroxyl groups excluding tert-OH is 1. The molecule has 1 unspecified atom stereocenters. The molecule has 1 atom stereocenters. The molecule has 0 aliphatic heterocycles. The van der Waals surface area contributed by atoms with E-state index in [0.29, 0.717) is 24.2 Å². The predicted molar refractivity (Wildman–Crippen MR) is 31.4 cm³/mol. The number of hydrogen-bond donors (Lipinski definition) is 2. The second-order valence-electron chi connectivity index (χ2n) is 1.36. The summed E-state index contributed by atoms with van der Waals surface area (Å²) in [6.45, 7) is 1.88. The van der Waals surface area contributed by atoms with E-state index in [1.165, 1.54) is 0 Å². The molecule has 0 aromatic carbocycles. The van der Waals surface area contributed by atoms with Gasteiger partial charge in [0.1, 0.15) is 0 Å². The lowest BCUT2D eigenvalue weighted by Crippen LogP contribution is -2.06. The van der Waals surface area contributed by atoms with Crippen LogP contribution in [0, 0.1) is 0 Å². The zero-order chi connectivity index (χ0) is 5.70. The maximum absolute atomic E-state index is 8.68. The van der Waals surface area contributed by atoms with Gasteiger partial charge in [0.2, 0.25) is 0 Å². The number of aliphatic hydroxyl groups is 1. The Bertz CT molecular complexity index is 40.7. The predicted octanol–water partition coefficient (Wildman–Crippen LogP) is 0.964. The lowest BCUT2D eigenvalue weighted by atomic mass is 10.3. The van der Waals surface area contributed by atoms with E-state index in [9.17, 15) is 0 Å². The molecular weight excluding hydrogens is 112 g/mol. The van der Waals surface area contributed by atoms with E-state index in [4.69, 9.17) is 9.66 Å². The van der Waals surface area contributed by atoms with E-state index in [0.717, 1.165) is 0 Å². The normalized spacial score (nSPS) is 14.1. The monoisotopic (exact) mass is 122 g/mol. The fourth-order valence-corrected chi connectivity index (χ4v) is 0.612. The van der Waals surface area contributed by atoms with E-state index < -0.39 is 0 Å². The minimum absolute atomic E-state index is 0.338. The Morgan fingerprint density at radius 3 is 2.43 bits per heavy atom. The van der Waals surface area contributed by atoms with Crippen LogP contribution in [0.15, 0.2) is 0 Å². The third kappa shape index (κ3) is 4.12. The van der Waals surface area contributed by atoms with E-state index in [1.54, 1.807) is 0 Å². The van der Waals surface area contributed by atoms with Gasteiger partial charge in [-0.15, -0.1) is 0 Å². The zero-order valence-corrected chi connectivity index (χ0v) is 5.11. The lowest BCUT2D eigenvalue weighted by molar-refractivity contribution is 0.194. The molecule has 0 aliphatic rings. The van der Waals surface area contributed by atoms with Crippen molar-refractivity contribution in [2.45, 2.75) is 19.4 Å². The second kappa shape index (κ2) is 4.43. The van der Waals surface area contributed by atoms with Gasteiger partial charge in [-0.25, -0.2) is 0 Å². The first kappa shape index (κ1) is 7.27. The van der Waals surface area contributed by atoms with E-state index >= 15 is 0 Å². The number of hydrogen-bond acceptors (Lipinski definition) is 3. The van der Waals surface area contributed by atoms with Crippen molar-refractivity contribution in [1.29, 1.82) is 0 Å². The van der Waals surface area contributed by atoms with Crippen molar-refractivity contribution < 1.29 is 9.66 Å². The summed E-state index contributed by atoms with van der Waals surface area (Å²) in [5.41, 5.74) is 0. The third-order valence-electron chi connectivity index (χ3n) is 0.738. The highest BCUT2D eigenvalue weighted by Crippen LogP contribution is 1.98. The summed E-state index contributed by atoms with van der Waals surface area (Å²) in [6.07, 6.45) is 0.378. The highest BCUT2D eigenvalue weighted by Gasteiger charge is 1.96. The van der Waals surface area contributed by atoms with Crippen LogP contribution in [-0.4, -0.2) is 21.5 Å². The van der Waals surface area contributed by atoms with Crippen molar-refractivity contribution in [2.75, 3.05) is 5.75 Å². The van der Waals surface area contributed by atoms with Gasteiger partial charge in [-0.05, 0) is 18.5 Å². The lowest BCUT2D eigenvalue weighted by Gasteiger charge is -2.00. The van der Waals surface area contributed by atoms with E-state index in [1.807, 2.05) is 6.92 Å². The van der Waals surface area contributed by atoms with Gasteiger partial charge < -0.3 is 9.66 Å². The molecule has 0 fully saturated rings. The van der Waals surface area contributed by atoms with Crippen LogP contribution in [0.4, 0.5) is 0 Å². The first-order valence-corrected chi connectivity index (χ1v) is 3.20. The maximum Gasteiger partial charge on any atom is 0.0650 e. The SMILES string of the molecule is CCC(O)CSO. The van der Waals surface area contributed by atoms with E-state index in [2.05, 4.69) is 0 Å². The summed E-state index contributed by atoms with van der Waals surface area (Å²) in [4.78, 5) is 0. The molecule has 0 spiro atoms. The van der Waals surface area contributed by atoms with Crippen molar-refractivity contribution in [3.05, 3.63) is 0 Å². The molecule has 0 aromatic heterocycles. The van der Waals surface area contributed by atoms with Gasteiger partial charge in [-0.1, -0.05) is 6.92 Å². The summed E-state index contributed by atoms with van der Waals surface area (Å²) >= 11 is 0.684. The first-order valence-electron chi connectivity index (χ1n) is 2.25. The summed E-state index contributed by atoms with van der Waals surface area (Å²) in [6, 6.07) is 0. The molecule has 7 heavy (non-hydrogen) atoms. The average molecular weight is 122 g/mol. The van der Waals surface area contributed by atoms with Crippen molar-refractivity contribution >= 4 is 12.0 Å². The van der Waals surface area contributed by atoms with Gasteiger partial charge >= 0.3 is 0 Å². The third-order valence-corrected chi connectivity index (χ3v) is 1.27. The average Bonchev–Trinajstić information content (AvgIpc) is 1.68. The minimum Gasteiger partial charge on any atom is -0.392 e. The summed E-state index contributed by atoms with van der Waals surface area (Å²) in [5.74, 6) is 0.427. The standard InChI is InChI=1S/C4H10O2S/c1-2-4(5)3-7-6/h4-6H,2-3H2,1H3. The van der Waals surface area contributed by atoms with Crippen LogP contribution in [0.1, 0.15) is 13.3 Å². The van der Waals surface area contributed by atoms with Gasteiger partial charge in [0.15, 0.2) is 0 Å². The molecule has 2 N–H and O–H groups in total. The van der Waals surface area contributed by atoms with Crippen LogP contribution >= 0.6 is 12.0 Å². The molecule has 0 rings (SSSR count). The Kier molecular flexibility index (Phi) is 4.60. The second-order valence-corrected chi connectivity index (χ2v) is 1.95. The van der Waals surface area contributed by atoms with Gasteiger partial charge in [0, 0.05) is 5.75 Å². The smallest absolute Gasteiger partial charge is 0.0650 e. The molecule has 44 valence electrons. The Balaban J connectivity index is 2.83. The molecule has 3 heteroatoms. The van der Waals surface area contributed by atoms with Gasteiger partial charge in [-0.2, -0.15) is 0 Å². The number of rotatable bonds is 3. The topological polar surface area (TPSA) is 40.5 Å². The largest absolute Gasteiger partial charge is 0.392 e. The van der Waals surface area contributed by atoms with Crippen molar-refractivity contribution in [1.82, 2.24) is 0 Å². The van der Waals surface area contributed by atoms with E-state index in [-0.39, 0.29) is 6.10 Å². The highest BCUT2D eigenvalue weighted by atomic mass is 32.2. The van der Waals surface area contributed by atoms with Crippen LogP contribution in [0.5, 0.6) is 0 Å². The molecule has 2 nitrogen and oxygen atoms in total. The molecule has 0 aromatic rings. The molecule has 0 aliphatic carbocycles. The maximum atomic E-state index is 8.68. The van der Waals surface area contributed by atoms with Crippen molar-refractivity contribution in [2.24, 2.45) is 0 Å². The quantitative estimate of drug-likeness (QED) is 0.548. The molecule has 0 amide bonds. The molecule has 0 bridgehead atoms. The molecule has 0 saturated heterocycles. The fourth-order valence-electron chi connectivity index (χ4n) is 0.204. The van der Waals surface area contributed by atoms with Crippen LogP contribution in [-0.2, 0) is 0 Å². The van der Waals surface area contributed by atoms with Gasteiger partial charge in [0.25, 0.3) is 0 Å². The van der Waals surface area contributed by atoms with Crippen molar-refractivity contribution in [3.63, 3.8) is 0 Å². The summed E-state index contributed by atoms with van der Waals surface area (Å²) in [5, 5.41) is 8.68. The Hall–Kier alpha value is 0.270. The Labute approximate surface area is 47.8 Å². The van der Waals surface area contributed by atoms with Crippen LogP contribution in [0.3, 0.4) is 0 Å². The van der Waals surface area contributed by atoms with Crippen LogP contribution in [0.25, 0.3) is 0 Å². The Morgan fingerprint density at radius 2 is 2.29 bits per heavy atom. The Morgan fingerprint density at radius 1 is 1.71 bits per heavy atom. The van der Waals surface area contributed by atoms with Crippen LogP contribution in [0.2, 0.25) is 0 Å². The highest BCUT2D eigenvalue weighted by molar-refractivity contribution is 7.93. The molecule has 0 heterocycles. The van der Waals surface area contributed by atoms with Crippen molar-refractivity contribution in [3.8, 4) is 0 Å². The summed E-state index contributed by atoms with van der Waals surface area (Å²) < 4.78 is 8.12. The molecule has 0 radical (unpaired) electrons. The zero-order valence-electron chi connectivity index (χ0n) is 4.29. The molecular formula is C4H10O2S.